The summed E-state index contributed by atoms with van der Waals surface area (Å²) in [7, 11) is 3.09. The quantitative estimate of drug-likeness (QED) is 0.352. The van der Waals surface area contributed by atoms with E-state index in [4.69, 9.17) is 4.98 Å². The minimum absolute atomic E-state index is 0.0327. The van der Waals surface area contributed by atoms with Crippen LogP contribution in [-0.2, 0) is 39.2 Å². The van der Waals surface area contributed by atoms with Crippen LogP contribution >= 0.6 is 23.1 Å². The van der Waals surface area contributed by atoms with Crippen LogP contribution in [0.2, 0.25) is 0 Å². The van der Waals surface area contributed by atoms with Gasteiger partial charge in [-0.2, -0.15) is 0 Å². The van der Waals surface area contributed by atoms with E-state index in [-0.39, 0.29) is 16.8 Å². The number of hydrogen-bond acceptors (Lipinski definition) is 6. The number of nitrogens with zero attached hydrogens (tertiary/aromatic N) is 4. The van der Waals surface area contributed by atoms with Crippen molar-refractivity contribution in [2.45, 2.75) is 43.1 Å². The third-order valence-electron chi connectivity index (χ3n) is 5.33. The van der Waals surface area contributed by atoms with Crippen LogP contribution in [0.5, 0.6) is 0 Å². The monoisotopic (exact) mass is 430 g/mol. The number of allylic oxidation sites excluding steroid dienone is 1. The van der Waals surface area contributed by atoms with E-state index in [0.29, 0.717) is 23.1 Å². The summed E-state index contributed by atoms with van der Waals surface area (Å²) >= 11 is 2.97. The van der Waals surface area contributed by atoms with E-state index in [1.807, 2.05) is 0 Å². The summed E-state index contributed by atoms with van der Waals surface area (Å²) in [6, 6.07) is 1.45. The van der Waals surface area contributed by atoms with Gasteiger partial charge in [0, 0.05) is 43.0 Å². The first-order valence-electron chi connectivity index (χ1n) is 9.47. The van der Waals surface area contributed by atoms with Crippen LogP contribution in [-0.4, -0.2) is 18.7 Å². The molecule has 0 N–H and O–H groups in total. The van der Waals surface area contributed by atoms with Crippen LogP contribution in [0.4, 0.5) is 0 Å². The highest BCUT2D eigenvalue weighted by Crippen LogP contribution is 2.35. The molecule has 0 amide bonds. The minimum atomic E-state index is -0.370. The van der Waals surface area contributed by atoms with Crippen molar-refractivity contribution >= 4 is 33.3 Å². The normalized spacial score (nSPS) is 13.6. The number of fused-ring (bicyclic) bond motifs is 3. The molecule has 0 aromatic carbocycles. The standard InChI is InChI=1S/C20H22N4O3S2/c1-4-9-24-18(26)16-13-7-5-6-8-14(13)29-17(16)21-19(24)28-11-12-10-15(25)23(3)20(27)22(12)2/h4,10H,1,5-9,11H2,2-3H3. The molecule has 0 saturated heterocycles. The minimum Gasteiger partial charge on any atom is -0.300 e. The molecule has 1 aliphatic rings. The Morgan fingerprint density at radius 2 is 1.97 bits per heavy atom. The molecular weight excluding hydrogens is 408 g/mol. The van der Waals surface area contributed by atoms with Crippen LogP contribution < -0.4 is 16.8 Å². The summed E-state index contributed by atoms with van der Waals surface area (Å²) in [5.41, 5.74) is 1.01. The fraction of sp³-hybridized carbons (Fsp3) is 0.400. The Hall–Kier alpha value is -2.39. The summed E-state index contributed by atoms with van der Waals surface area (Å²) in [5, 5.41) is 1.33. The summed E-state index contributed by atoms with van der Waals surface area (Å²) in [6.07, 6.45) is 5.88. The zero-order valence-corrected chi connectivity index (χ0v) is 18.1. The number of aromatic nitrogens is 4. The molecule has 0 aliphatic heterocycles. The van der Waals surface area contributed by atoms with Crippen molar-refractivity contribution in [3.05, 3.63) is 66.0 Å². The van der Waals surface area contributed by atoms with Crippen LogP contribution in [0.15, 0.2) is 38.3 Å². The summed E-state index contributed by atoms with van der Waals surface area (Å²) in [4.78, 5) is 44.3. The zero-order chi connectivity index (χ0) is 20.7. The lowest BCUT2D eigenvalue weighted by Gasteiger charge is -2.13. The number of hydrogen-bond donors (Lipinski definition) is 0. The fourth-order valence-electron chi connectivity index (χ4n) is 3.68. The molecule has 152 valence electrons. The second-order valence-electron chi connectivity index (χ2n) is 7.15. The van der Waals surface area contributed by atoms with Crippen molar-refractivity contribution in [3.63, 3.8) is 0 Å². The zero-order valence-electron chi connectivity index (χ0n) is 16.4. The molecule has 7 nitrogen and oxygen atoms in total. The highest BCUT2D eigenvalue weighted by Gasteiger charge is 2.22. The maximum atomic E-state index is 13.3. The van der Waals surface area contributed by atoms with Crippen molar-refractivity contribution in [3.8, 4) is 0 Å². The predicted molar refractivity (Wildman–Crippen MR) is 117 cm³/mol. The molecule has 0 radical (unpaired) electrons. The molecule has 3 heterocycles. The van der Waals surface area contributed by atoms with Gasteiger partial charge in [-0.1, -0.05) is 17.8 Å². The highest BCUT2D eigenvalue weighted by molar-refractivity contribution is 7.98. The third kappa shape index (κ3) is 3.42. The van der Waals surface area contributed by atoms with Gasteiger partial charge in [0.1, 0.15) is 4.83 Å². The summed E-state index contributed by atoms with van der Waals surface area (Å²) in [6.45, 7) is 4.14. The van der Waals surface area contributed by atoms with E-state index in [2.05, 4.69) is 6.58 Å². The van der Waals surface area contributed by atoms with Crippen LogP contribution in [0.3, 0.4) is 0 Å². The number of thioether (sulfide) groups is 1. The molecule has 1 aliphatic carbocycles. The molecule has 29 heavy (non-hydrogen) atoms. The number of aryl methyl sites for hydroxylation is 2. The van der Waals surface area contributed by atoms with Crippen LogP contribution in [0.25, 0.3) is 10.2 Å². The first kappa shape index (κ1) is 19.9. The molecule has 0 atom stereocenters. The van der Waals surface area contributed by atoms with Crippen LogP contribution in [0, 0.1) is 0 Å². The van der Waals surface area contributed by atoms with Crippen LogP contribution in [0.1, 0.15) is 29.0 Å². The van der Waals surface area contributed by atoms with Gasteiger partial charge in [-0.15, -0.1) is 17.9 Å². The molecule has 0 fully saturated rings. The average molecular weight is 431 g/mol. The average Bonchev–Trinajstić information content (AvgIpc) is 3.09. The van der Waals surface area contributed by atoms with Crippen molar-refractivity contribution in [2.24, 2.45) is 14.1 Å². The Morgan fingerprint density at radius 1 is 1.21 bits per heavy atom. The maximum absolute atomic E-state index is 13.3. The number of thiophene rings is 1. The van der Waals surface area contributed by atoms with Gasteiger partial charge < -0.3 is 0 Å². The van der Waals surface area contributed by atoms with Gasteiger partial charge in [0.15, 0.2) is 5.16 Å². The van der Waals surface area contributed by atoms with E-state index in [1.165, 1.54) is 34.3 Å². The Balaban J connectivity index is 1.79. The van der Waals surface area contributed by atoms with Gasteiger partial charge in [-0.05, 0) is 31.2 Å². The Labute approximate surface area is 175 Å². The fourth-order valence-corrected chi connectivity index (χ4v) is 6.01. The molecule has 0 unspecified atom stereocenters. The maximum Gasteiger partial charge on any atom is 0.330 e. The highest BCUT2D eigenvalue weighted by atomic mass is 32.2. The summed E-state index contributed by atoms with van der Waals surface area (Å²) < 4.78 is 4.16. The van der Waals surface area contributed by atoms with Gasteiger partial charge in [0.25, 0.3) is 11.1 Å². The smallest absolute Gasteiger partial charge is 0.300 e. The SMILES string of the molecule is C=CCn1c(SCc2cc(=O)n(C)c(=O)n2C)nc2sc3c(c2c1=O)CCCC3. The Morgan fingerprint density at radius 3 is 2.72 bits per heavy atom. The van der Waals surface area contributed by atoms with E-state index >= 15 is 0 Å². The molecule has 0 bridgehead atoms. The second-order valence-corrected chi connectivity index (χ2v) is 9.18. The van der Waals surface area contributed by atoms with E-state index in [0.717, 1.165) is 46.0 Å². The lowest BCUT2D eigenvalue weighted by molar-refractivity contribution is 0.658. The number of rotatable bonds is 5. The van der Waals surface area contributed by atoms with E-state index in [9.17, 15) is 14.4 Å². The first-order chi connectivity index (χ1) is 13.9. The summed E-state index contributed by atoms with van der Waals surface area (Å²) in [5.74, 6) is 0.363. The molecular formula is C20H22N4O3S2. The lowest BCUT2D eigenvalue weighted by Crippen LogP contribution is -2.37. The van der Waals surface area contributed by atoms with Crippen molar-refractivity contribution in [2.75, 3.05) is 0 Å². The van der Waals surface area contributed by atoms with Crippen molar-refractivity contribution in [1.82, 2.24) is 18.7 Å². The van der Waals surface area contributed by atoms with Crippen molar-refractivity contribution < 1.29 is 0 Å². The van der Waals surface area contributed by atoms with Crippen molar-refractivity contribution in [1.29, 1.82) is 0 Å². The second kappa shape index (κ2) is 7.79. The molecule has 3 aromatic heterocycles. The van der Waals surface area contributed by atoms with Gasteiger partial charge in [0.2, 0.25) is 0 Å². The molecule has 0 saturated carbocycles. The molecule has 9 heteroatoms. The Bertz CT molecular complexity index is 1300. The van der Waals surface area contributed by atoms with E-state index < -0.39 is 0 Å². The topological polar surface area (TPSA) is 78.9 Å². The molecule has 3 aromatic rings. The Kier molecular flexibility index (Phi) is 5.35. The first-order valence-corrected chi connectivity index (χ1v) is 11.3. The third-order valence-corrected chi connectivity index (χ3v) is 7.52. The largest absolute Gasteiger partial charge is 0.330 e. The van der Waals surface area contributed by atoms with Gasteiger partial charge in [-0.25, -0.2) is 9.78 Å². The lowest BCUT2D eigenvalue weighted by atomic mass is 9.97. The molecule has 0 spiro atoms. The van der Waals surface area contributed by atoms with E-state index in [1.54, 1.807) is 29.0 Å². The molecule has 4 rings (SSSR count). The van der Waals surface area contributed by atoms with Gasteiger partial charge in [-0.3, -0.25) is 23.3 Å². The van der Waals surface area contributed by atoms with Gasteiger partial charge >= 0.3 is 5.69 Å². The predicted octanol–water partition coefficient (Wildman–Crippen LogP) is 2.21. The van der Waals surface area contributed by atoms with Gasteiger partial charge in [0.05, 0.1) is 5.39 Å².